The highest BCUT2D eigenvalue weighted by atomic mass is 32.2. The van der Waals surface area contributed by atoms with Crippen molar-refractivity contribution in [2.45, 2.75) is 21.6 Å². The average molecular weight is 565 g/mol. The van der Waals surface area contributed by atoms with Crippen molar-refractivity contribution in [1.29, 1.82) is 0 Å². The fourth-order valence-electron chi connectivity index (χ4n) is 4.41. The Labute approximate surface area is 236 Å². The number of rotatable bonds is 7. The van der Waals surface area contributed by atoms with Crippen LogP contribution in [0.1, 0.15) is 5.56 Å². The minimum absolute atomic E-state index is 0.0779. The Morgan fingerprint density at radius 1 is 0.775 bits per heavy atom. The molecule has 0 saturated carbocycles. The molecule has 0 bridgehead atoms. The topological polar surface area (TPSA) is 88.5 Å². The molecule has 0 saturated heterocycles. The summed E-state index contributed by atoms with van der Waals surface area (Å²) in [5, 5.41) is 13.3. The highest BCUT2D eigenvalue weighted by Crippen LogP contribution is 2.44. The van der Waals surface area contributed by atoms with Gasteiger partial charge in [0.25, 0.3) is 10.0 Å². The van der Waals surface area contributed by atoms with Crippen LogP contribution < -0.4 is 9.46 Å². The Bertz CT molecular complexity index is 1950. The maximum absolute atomic E-state index is 13.5. The number of hydrogen-bond donors (Lipinski definition) is 2. The Morgan fingerprint density at radius 3 is 2.20 bits per heavy atom. The van der Waals surface area contributed by atoms with Gasteiger partial charge in [-0.15, -0.1) is 0 Å². The van der Waals surface area contributed by atoms with Gasteiger partial charge in [0.05, 0.1) is 21.0 Å². The van der Waals surface area contributed by atoms with Crippen LogP contribution >= 0.6 is 11.8 Å². The molecule has 0 atom stereocenters. The van der Waals surface area contributed by atoms with E-state index in [2.05, 4.69) is 9.71 Å². The lowest BCUT2D eigenvalue weighted by Crippen LogP contribution is -2.13. The number of anilines is 1. The highest BCUT2D eigenvalue weighted by molar-refractivity contribution is 7.99. The quantitative estimate of drug-likeness (QED) is 0.190. The van der Waals surface area contributed by atoms with Gasteiger partial charge >= 0.3 is 0 Å². The van der Waals surface area contributed by atoms with Crippen LogP contribution in [0.25, 0.3) is 21.7 Å². The lowest BCUT2D eigenvalue weighted by molar-refractivity contribution is 0.469. The summed E-state index contributed by atoms with van der Waals surface area (Å²) < 4.78 is 35.5. The molecule has 6 rings (SSSR count). The average Bonchev–Trinajstić information content (AvgIpc) is 2.97. The third-order valence-electron chi connectivity index (χ3n) is 6.43. The van der Waals surface area contributed by atoms with E-state index in [9.17, 15) is 13.5 Å². The van der Waals surface area contributed by atoms with E-state index >= 15 is 0 Å². The smallest absolute Gasteiger partial charge is 0.261 e. The van der Waals surface area contributed by atoms with E-state index in [1.54, 1.807) is 48.7 Å². The number of aryl methyl sites for hydroxylation is 1. The van der Waals surface area contributed by atoms with Crippen LogP contribution in [0.4, 0.5) is 5.69 Å². The van der Waals surface area contributed by atoms with Gasteiger partial charge < -0.3 is 9.84 Å². The monoisotopic (exact) mass is 564 g/mol. The summed E-state index contributed by atoms with van der Waals surface area (Å²) in [5.74, 6) is 1.27. The van der Waals surface area contributed by atoms with Crippen LogP contribution in [0.5, 0.6) is 17.2 Å². The van der Waals surface area contributed by atoms with Gasteiger partial charge in [-0.05, 0) is 61.5 Å². The SMILES string of the molecule is Cc1ccc(Oc2ccc(S(=O)(=O)Nc3cc(Sc4cccc5cccnc45)c(O)c4ccccc34)cc2)cc1. The number of sulfonamides is 1. The highest BCUT2D eigenvalue weighted by Gasteiger charge is 2.20. The van der Waals surface area contributed by atoms with Crippen molar-refractivity contribution in [2.24, 2.45) is 0 Å². The van der Waals surface area contributed by atoms with E-state index in [-0.39, 0.29) is 10.6 Å². The maximum Gasteiger partial charge on any atom is 0.261 e. The van der Waals surface area contributed by atoms with Gasteiger partial charge in [0, 0.05) is 27.3 Å². The fraction of sp³-hybridized carbons (Fsp3) is 0.0312. The zero-order chi connectivity index (χ0) is 27.7. The lowest BCUT2D eigenvalue weighted by Gasteiger charge is -2.15. The molecule has 0 unspecified atom stereocenters. The minimum Gasteiger partial charge on any atom is -0.506 e. The summed E-state index contributed by atoms with van der Waals surface area (Å²) in [7, 11) is -3.95. The molecular weight excluding hydrogens is 540 g/mol. The number of para-hydroxylation sites is 1. The molecule has 1 aromatic heterocycles. The van der Waals surface area contributed by atoms with Gasteiger partial charge in [0.2, 0.25) is 0 Å². The van der Waals surface area contributed by atoms with Gasteiger partial charge in [0.15, 0.2) is 0 Å². The van der Waals surface area contributed by atoms with Crippen molar-refractivity contribution < 1.29 is 18.3 Å². The lowest BCUT2D eigenvalue weighted by atomic mass is 10.1. The van der Waals surface area contributed by atoms with Crippen LogP contribution in [-0.4, -0.2) is 18.5 Å². The number of phenols is 1. The van der Waals surface area contributed by atoms with Gasteiger partial charge in [-0.3, -0.25) is 9.71 Å². The second-order valence-electron chi connectivity index (χ2n) is 9.24. The molecule has 0 fully saturated rings. The summed E-state index contributed by atoms with van der Waals surface area (Å²) in [6.07, 6.45) is 1.73. The molecule has 8 heteroatoms. The standard InChI is InChI=1S/C32H24N2O4S2/c1-21-11-13-23(14-12-21)38-24-15-17-25(18-16-24)40(36,37)34-28-20-30(32(35)27-9-3-2-8-26(27)28)39-29-10-4-6-22-7-5-19-33-31(22)29/h2-20,34-35H,1H3. The number of nitrogens with one attached hydrogen (secondary N) is 1. The van der Waals surface area contributed by atoms with Crippen LogP contribution in [0.2, 0.25) is 0 Å². The third-order valence-corrected chi connectivity index (χ3v) is 8.89. The fourth-order valence-corrected chi connectivity index (χ4v) is 6.51. The number of aromatic nitrogens is 1. The Hall–Kier alpha value is -4.53. The molecule has 40 heavy (non-hydrogen) atoms. The first-order valence-electron chi connectivity index (χ1n) is 12.5. The number of ether oxygens (including phenoxy) is 1. The van der Waals surface area contributed by atoms with Crippen molar-refractivity contribution in [1.82, 2.24) is 4.98 Å². The van der Waals surface area contributed by atoms with E-state index < -0.39 is 10.0 Å². The number of phenolic OH excluding ortho intramolecular Hbond substituents is 1. The van der Waals surface area contributed by atoms with Gasteiger partial charge in [0.1, 0.15) is 17.2 Å². The van der Waals surface area contributed by atoms with Crippen molar-refractivity contribution in [3.05, 3.63) is 121 Å². The summed E-state index contributed by atoms with van der Waals surface area (Å²) in [4.78, 5) is 5.95. The number of pyridine rings is 1. The zero-order valence-electron chi connectivity index (χ0n) is 21.4. The first-order chi connectivity index (χ1) is 19.4. The van der Waals surface area contributed by atoms with Crippen molar-refractivity contribution in [2.75, 3.05) is 4.72 Å². The first kappa shape index (κ1) is 25.7. The first-order valence-corrected chi connectivity index (χ1v) is 14.8. The van der Waals surface area contributed by atoms with Crippen molar-refractivity contribution in [3.8, 4) is 17.2 Å². The predicted molar refractivity (Wildman–Crippen MR) is 160 cm³/mol. The third kappa shape index (κ3) is 5.19. The van der Waals surface area contributed by atoms with Crippen LogP contribution in [0.15, 0.2) is 130 Å². The largest absolute Gasteiger partial charge is 0.506 e. The Kier molecular flexibility index (Phi) is 6.79. The number of nitrogens with zero attached hydrogens (tertiary/aromatic N) is 1. The second kappa shape index (κ2) is 10.6. The number of aromatic hydroxyl groups is 1. The molecule has 5 aromatic carbocycles. The number of hydrogen-bond acceptors (Lipinski definition) is 6. The molecule has 6 aromatic rings. The van der Waals surface area contributed by atoms with Crippen molar-refractivity contribution >= 4 is 49.1 Å². The molecular formula is C32H24N2O4S2. The van der Waals surface area contributed by atoms with E-state index in [4.69, 9.17) is 4.74 Å². The summed E-state index contributed by atoms with van der Waals surface area (Å²) >= 11 is 1.33. The van der Waals surface area contributed by atoms with Gasteiger partial charge in [-0.1, -0.05) is 71.9 Å². The Balaban J connectivity index is 1.33. The molecule has 6 nitrogen and oxygen atoms in total. The number of fused-ring (bicyclic) bond motifs is 2. The summed E-state index contributed by atoms with van der Waals surface area (Å²) in [6, 6.07) is 32.4. The van der Waals surface area contributed by atoms with Crippen LogP contribution in [0.3, 0.4) is 0 Å². The molecule has 0 radical (unpaired) electrons. The molecule has 2 N–H and O–H groups in total. The molecule has 0 aliphatic carbocycles. The van der Waals surface area contributed by atoms with E-state index in [0.29, 0.717) is 32.9 Å². The number of benzene rings is 5. The van der Waals surface area contributed by atoms with E-state index in [0.717, 1.165) is 21.4 Å². The predicted octanol–water partition coefficient (Wildman–Crippen LogP) is 8.15. The van der Waals surface area contributed by atoms with Crippen molar-refractivity contribution in [3.63, 3.8) is 0 Å². The Morgan fingerprint density at radius 2 is 1.45 bits per heavy atom. The molecule has 0 aliphatic rings. The normalized spacial score (nSPS) is 11.5. The molecule has 0 amide bonds. The second-order valence-corrected chi connectivity index (χ2v) is 12.0. The minimum atomic E-state index is -3.95. The van der Waals surface area contributed by atoms with Gasteiger partial charge in [-0.25, -0.2) is 8.42 Å². The molecule has 1 heterocycles. The summed E-state index contributed by atoms with van der Waals surface area (Å²) in [6.45, 7) is 2.00. The van der Waals surface area contributed by atoms with E-state index in [1.165, 1.54) is 23.9 Å². The summed E-state index contributed by atoms with van der Waals surface area (Å²) in [5.41, 5.74) is 2.29. The van der Waals surface area contributed by atoms with Gasteiger partial charge in [-0.2, -0.15) is 0 Å². The molecule has 0 spiro atoms. The molecule has 0 aliphatic heterocycles. The zero-order valence-corrected chi connectivity index (χ0v) is 23.0. The molecule has 198 valence electrons. The maximum atomic E-state index is 13.5. The van der Waals surface area contributed by atoms with Crippen LogP contribution in [0, 0.1) is 6.92 Å². The van der Waals surface area contributed by atoms with E-state index in [1.807, 2.05) is 61.5 Å². The van der Waals surface area contributed by atoms with Crippen LogP contribution in [-0.2, 0) is 10.0 Å².